The standard InChI is InChI=1S/C16H24N2OS2/c1-2-12-7-8-13(21-12)11-18-15(19)16(14(17)20)9-5-3-4-6-10-16/h7-8H,2-6,9-11H2,1H3,(H2,17,20)(H,18,19). The molecule has 0 unspecified atom stereocenters. The predicted octanol–water partition coefficient (Wildman–Crippen LogP) is 3.55. The zero-order valence-electron chi connectivity index (χ0n) is 12.6. The van der Waals surface area contributed by atoms with Gasteiger partial charge in [0.05, 0.1) is 16.9 Å². The number of thiophene rings is 1. The molecule has 0 spiro atoms. The van der Waals surface area contributed by atoms with E-state index in [9.17, 15) is 4.79 Å². The summed E-state index contributed by atoms with van der Waals surface area (Å²) in [6, 6.07) is 4.21. The van der Waals surface area contributed by atoms with Gasteiger partial charge in [0.25, 0.3) is 0 Å². The molecule has 1 aliphatic carbocycles. The monoisotopic (exact) mass is 324 g/mol. The van der Waals surface area contributed by atoms with E-state index in [0.717, 1.165) is 32.1 Å². The van der Waals surface area contributed by atoms with E-state index in [1.165, 1.54) is 22.6 Å². The van der Waals surface area contributed by atoms with Gasteiger partial charge < -0.3 is 11.1 Å². The Morgan fingerprint density at radius 2 is 1.90 bits per heavy atom. The van der Waals surface area contributed by atoms with Crippen LogP contribution in [0.3, 0.4) is 0 Å². The highest BCUT2D eigenvalue weighted by Crippen LogP contribution is 2.36. The summed E-state index contributed by atoms with van der Waals surface area (Å²) in [5, 5.41) is 3.06. The van der Waals surface area contributed by atoms with E-state index in [4.69, 9.17) is 18.0 Å². The number of hydrogen-bond donors (Lipinski definition) is 2. The van der Waals surface area contributed by atoms with Gasteiger partial charge in [-0.2, -0.15) is 0 Å². The Balaban J connectivity index is 2.03. The summed E-state index contributed by atoms with van der Waals surface area (Å²) in [5.41, 5.74) is 5.31. The summed E-state index contributed by atoms with van der Waals surface area (Å²) < 4.78 is 0. The van der Waals surface area contributed by atoms with Crippen LogP contribution in [-0.4, -0.2) is 10.9 Å². The number of hydrogen-bond acceptors (Lipinski definition) is 3. The number of amides is 1. The maximum atomic E-state index is 12.7. The molecule has 1 aromatic heterocycles. The van der Waals surface area contributed by atoms with Gasteiger partial charge in [-0.1, -0.05) is 44.8 Å². The van der Waals surface area contributed by atoms with Gasteiger partial charge in [-0.15, -0.1) is 11.3 Å². The summed E-state index contributed by atoms with van der Waals surface area (Å²) in [5.74, 6) is 0.0170. The highest BCUT2D eigenvalue weighted by molar-refractivity contribution is 7.80. The number of nitrogens with one attached hydrogen (secondary N) is 1. The van der Waals surface area contributed by atoms with Gasteiger partial charge in [-0.3, -0.25) is 4.79 Å². The summed E-state index contributed by atoms with van der Waals surface area (Å²) in [6.07, 6.45) is 7.02. The van der Waals surface area contributed by atoms with E-state index in [-0.39, 0.29) is 5.91 Å². The molecule has 2 rings (SSSR count). The van der Waals surface area contributed by atoms with Crippen molar-refractivity contribution in [2.45, 2.75) is 58.4 Å². The first-order valence-electron chi connectivity index (χ1n) is 7.74. The Hall–Kier alpha value is -0.940. The third-order valence-electron chi connectivity index (χ3n) is 4.35. The zero-order chi connectivity index (χ0) is 15.3. The van der Waals surface area contributed by atoms with Crippen molar-refractivity contribution in [1.82, 2.24) is 5.32 Å². The van der Waals surface area contributed by atoms with E-state index in [2.05, 4.69) is 24.4 Å². The summed E-state index contributed by atoms with van der Waals surface area (Å²) in [4.78, 5) is 15.6. The Morgan fingerprint density at radius 3 is 2.43 bits per heavy atom. The molecule has 116 valence electrons. The minimum absolute atomic E-state index is 0.0170. The second-order valence-electron chi connectivity index (χ2n) is 5.76. The van der Waals surface area contributed by atoms with Crippen LogP contribution in [0.4, 0.5) is 0 Å². The Kier molecular flexibility index (Phi) is 5.76. The zero-order valence-corrected chi connectivity index (χ0v) is 14.2. The van der Waals surface area contributed by atoms with E-state index in [1.54, 1.807) is 11.3 Å². The molecule has 0 bridgehead atoms. The second kappa shape index (κ2) is 7.36. The molecule has 0 saturated heterocycles. The molecule has 0 aliphatic heterocycles. The van der Waals surface area contributed by atoms with Crippen LogP contribution in [0.25, 0.3) is 0 Å². The van der Waals surface area contributed by atoms with E-state index in [0.29, 0.717) is 11.5 Å². The molecule has 1 aromatic rings. The smallest absolute Gasteiger partial charge is 0.233 e. The number of rotatable bonds is 5. The fraction of sp³-hybridized carbons (Fsp3) is 0.625. The molecule has 1 fully saturated rings. The van der Waals surface area contributed by atoms with Gasteiger partial charge in [0.1, 0.15) is 0 Å². The van der Waals surface area contributed by atoms with Crippen molar-refractivity contribution < 1.29 is 4.79 Å². The Bertz CT molecular complexity index is 502. The van der Waals surface area contributed by atoms with Crippen LogP contribution in [0.5, 0.6) is 0 Å². The van der Waals surface area contributed by atoms with Crippen LogP contribution in [0.15, 0.2) is 12.1 Å². The molecule has 0 aromatic carbocycles. The van der Waals surface area contributed by atoms with Gasteiger partial charge in [0, 0.05) is 9.75 Å². The van der Waals surface area contributed by atoms with Gasteiger partial charge >= 0.3 is 0 Å². The number of thiocarbonyl (C=S) groups is 1. The van der Waals surface area contributed by atoms with Crippen LogP contribution in [0.2, 0.25) is 0 Å². The normalized spacial score (nSPS) is 18.0. The molecule has 1 saturated carbocycles. The average molecular weight is 325 g/mol. The first-order valence-corrected chi connectivity index (χ1v) is 8.97. The fourth-order valence-corrected chi connectivity index (χ4v) is 4.16. The van der Waals surface area contributed by atoms with Crippen LogP contribution in [0.1, 0.15) is 55.2 Å². The van der Waals surface area contributed by atoms with Crippen LogP contribution >= 0.6 is 23.6 Å². The number of aryl methyl sites for hydroxylation is 1. The largest absolute Gasteiger partial charge is 0.392 e. The highest BCUT2D eigenvalue weighted by atomic mass is 32.1. The maximum absolute atomic E-state index is 12.7. The predicted molar refractivity (Wildman–Crippen MR) is 92.5 cm³/mol. The lowest BCUT2D eigenvalue weighted by Gasteiger charge is -2.30. The first kappa shape index (κ1) is 16.4. The quantitative estimate of drug-likeness (QED) is 0.643. The Morgan fingerprint density at radius 1 is 1.29 bits per heavy atom. The topological polar surface area (TPSA) is 55.1 Å². The molecular formula is C16H24N2OS2. The second-order valence-corrected chi connectivity index (χ2v) is 7.46. The molecule has 0 atom stereocenters. The van der Waals surface area contributed by atoms with Crippen LogP contribution in [-0.2, 0) is 17.8 Å². The molecule has 1 aliphatic rings. The van der Waals surface area contributed by atoms with Crippen molar-refractivity contribution in [2.24, 2.45) is 11.1 Å². The molecule has 5 heteroatoms. The summed E-state index contributed by atoms with van der Waals surface area (Å²) in [6.45, 7) is 2.72. The summed E-state index contributed by atoms with van der Waals surface area (Å²) >= 11 is 6.99. The third-order valence-corrected chi connectivity index (χ3v) is 5.97. The highest BCUT2D eigenvalue weighted by Gasteiger charge is 2.41. The molecular weight excluding hydrogens is 300 g/mol. The lowest BCUT2D eigenvalue weighted by Crippen LogP contribution is -2.48. The van der Waals surface area contributed by atoms with Gasteiger partial charge in [-0.25, -0.2) is 0 Å². The van der Waals surface area contributed by atoms with E-state index >= 15 is 0 Å². The van der Waals surface area contributed by atoms with Crippen LogP contribution in [0, 0.1) is 5.41 Å². The molecule has 1 amide bonds. The number of carbonyl (C=O) groups is 1. The molecule has 0 radical (unpaired) electrons. The Labute approximate surface area is 136 Å². The maximum Gasteiger partial charge on any atom is 0.233 e. The number of nitrogens with two attached hydrogens (primary N) is 1. The summed E-state index contributed by atoms with van der Waals surface area (Å²) in [7, 11) is 0. The molecule has 3 N–H and O–H groups in total. The lowest BCUT2D eigenvalue weighted by molar-refractivity contribution is -0.128. The fourth-order valence-electron chi connectivity index (χ4n) is 2.96. The average Bonchev–Trinajstić information content (AvgIpc) is 2.78. The van der Waals surface area contributed by atoms with Crippen molar-refractivity contribution >= 4 is 34.5 Å². The minimum Gasteiger partial charge on any atom is -0.392 e. The van der Waals surface area contributed by atoms with Gasteiger partial charge in [0.15, 0.2) is 0 Å². The first-order chi connectivity index (χ1) is 10.1. The van der Waals surface area contributed by atoms with Crippen molar-refractivity contribution in [2.75, 3.05) is 0 Å². The molecule has 1 heterocycles. The van der Waals surface area contributed by atoms with Crippen molar-refractivity contribution in [1.29, 1.82) is 0 Å². The van der Waals surface area contributed by atoms with Gasteiger partial charge in [-0.05, 0) is 31.4 Å². The van der Waals surface area contributed by atoms with Crippen molar-refractivity contribution in [3.63, 3.8) is 0 Å². The van der Waals surface area contributed by atoms with E-state index in [1.807, 2.05) is 0 Å². The lowest BCUT2D eigenvalue weighted by atomic mass is 9.79. The third kappa shape index (κ3) is 3.83. The SMILES string of the molecule is CCc1ccc(CNC(=O)C2(C(N)=S)CCCCCC2)s1. The minimum atomic E-state index is -0.628. The van der Waals surface area contributed by atoms with Crippen molar-refractivity contribution in [3.8, 4) is 0 Å². The van der Waals surface area contributed by atoms with E-state index < -0.39 is 5.41 Å². The number of carbonyl (C=O) groups excluding carboxylic acids is 1. The van der Waals surface area contributed by atoms with Crippen LogP contribution < -0.4 is 11.1 Å². The molecule has 21 heavy (non-hydrogen) atoms. The van der Waals surface area contributed by atoms with Gasteiger partial charge in [0.2, 0.25) is 5.91 Å². The van der Waals surface area contributed by atoms with Crippen molar-refractivity contribution in [3.05, 3.63) is 21.9 Å². The molecule has 3 nitrogen and oxygen atoms in total.